The highest BCUT2D eigenvalue weighted by molar-refractivity contribution is 7.92. The minimum absolute atomic E-state index is 0.108. The van der Waals surface area contributed by atoms with Crippen molar-refractivity contribution in [1.29, 1.82) is 0 Å². The molecule has 1 N–H and O–H groups in total. The highest BCUT2D eigenvalue weighted by atomic mass is 32.2. The summed E-state index contributed by atoms with van der Waals surface area (Å²) < 4.78 is 31.8. The van der Waals surface area contributed by atoms with Crippen LogP contribution in [0.5, 0.6) is 0 Å². The number of hydrogen-bond acceptors (Lipinski definition) is 5. The summed E-state index contributed by atoms with van der Waals surface area (Å²) in [4.78, 5) is 23.2. The van der Waals surface area contributed by atoms with Crippen LogP contribution in [0.3, 0.4) is 0 Å². The molecule has 0 spiro atoms. The van der Waals surface area contributed by atoms with Gasteiger partial charge in [0.25, 0.3) is 10.0 Å². The van der Waals surface area contributed by atoms with Gasteiger partial charge in [-0.1, -0.05) is 18.2 Å². The number of anilines is 2. The lowest BCUT2D eigenvalue weighted by Gasteiger charge is -2.23. The van der Waals surface area contributed by atoms with E-state index in [4.69, 9.17) is 4.74 Å². The Morgan fingerprint density at radius 2 is 1.63 bits per heavy atom. The molecule has 0 aromatic heterocycles. The van der Waals surface area contributed by atoms with Crippen LogP contribution < -0.4 is 9.62 Å². The van der Waals surface area contributed by atoms with Gasteiger partial charge in [-0.25, -0.2) is 8.42 Å². The molecule has 0 fully saturated rings. The first-order valence-electron chi connectivity index (χ1n) is 8.51. The van der Waals surface area contributed by atoms with Crippen LogP contribution in [0.25, 0.3) is 0 Å². The summed E-state index contributed by atoms with van der Waals surface area (Å²) in [6.45, 7) is 3.90. The van der Waals surface area contributed by atoms with Gasteiger partial charge in [0.2, 0.25) is 5.91 Å². The molecule has 27 heavy (non-hydrogen) atoms. The number of esters is 1. The van der Waals surface area contributed by atoms with Crippen molar-refractivity contribution in [3.63, 3.8) is 0 Å². The Morgan fingerprint density at radius 3 is 2.19 bits per heavy atom. The topological polar surface area (TPSA) is 92.8 Å². The Balaban J connectivity index is 2.13. The van der Waals surface area contributed by atoms with E-state index >= 15 is 0 Å². The van der Waals surface area contributed by atoms with Gasteiger partial charge in [0.1, 0.15) is 6.42 Å². The third-order valence-electron chi connectivity index (χ3n) is 3.67. The summed E-state index contributed by atoms with van der Waals surface area (Å²) in [6.07, 6.45) is -0.397. The van der Waals surface area contributed by atoms with Crippen LogP contribution in [0, 0.1) is 0 Å². The van der Waals surface area contributed by atoms with E-state index in [1.165, 1.54) is 28.6 Å². The molecular formula is C19H22N2O5S. The van der Waals surface area contributed by atoms with E-state index in [9.17, 15) is 18.0 Å². The van der Waals surface area contributed by atoms with Gasteiger partial charge in [0.05, 0.1) is 17.2 Å². The minimum Gasteiger partial charge on any atom is -0.466 e. The molecule has 0 aliphatic rings. The number of carbonyl (C=O) groups is 2. The lowest BCUT2D eigenvalue weighted by atomic mass is 10.3. The Hall–Kier alpha value is -2.87. The van der Waals surface area contributed by atoms with E-state index in [2.05, 4.69) is 5.32 Å². The number of rotatable bonds is 8. The van der Waals surface area contributed by atoms with Crippen molar-refractivity contribution in [2.75, 3.05) is 22.8 Å². The maximum atomic E-state index is 12.9. The standard InChI is InChI=1S/C19H22N2O5S/c1-3-21(16-8-6-5-7-9-16)27(24,25)17-12-10-15(11-13-17)20-18(22)14-19(23)26-4-2/h5-13H,3-4,14H2,1-2H3,(H,20,22). The average molecular weight is 390 g/mol. The number of hydrogen-bond donors (Lipinski definition) is 1. The van der Waals surface area contributed by atoms with Crippen LogP contribution in [-0.2, 0) is 24.3 Å². The number of sulfonamides is 1. The molecule has 0 aliphatic carbocycles. The molecular weight excluding hydrogens is 368 g/mol. The first-order valence-corrected chi connectivity index (χ1v) is 9.95. The lowest BCUT2D eigenvalue weighted by Crippen LogP contribution is -2.30. The zero-order valence-electron chi connectivity index (χ0n) is 15.2. The number of nitrogens with zero attached hydrogens (tertiary/aromatic N) is 1. The molecule has 7 nitrogen and oxygen atoms in total. The van der Waals surface area contributed by atoms with Crippen LogP contribution in [0.15, 0.2) is 59.5 Å². The second-order valence-electron chi connectivity index (χ2n) is 5.56. The summed E-state index contributed by atoms with van der Waals surface area (Å²) in [7, 11) is -3.73. The van der Waals surface area contributed by atoms with Crippen LogP contribution >= 0.6 is 0 Å². The van der Waals surface area contributed by atoms with Crippen LogP contribution in [-0.4, -0.2) is 33.4 Å². The number of ether oxygens (including phenoxy) is 1. The quantitative estimate of drug-likeness (QED) is 0.553. The van der Waals surface area contributed by atoms with E-state index in [0.29, 0.717) is 11.4 Å². The zero-order chi connectivity index (χ0) is 19.9. The second-order valence-corrected chi connectivity index (χ2v) is 7.42. The first-order chi connectivity index (χ1) is 12.9. The molecule has 0 saturated heterocycles. The number of amides is 1. The molecule has 0 unspecified atom stereocenters. The SMILES string of the molecule is CCOC(=O)CC(=O)Nc1ccc(S(=O)(=O)N(CC)c2ccccc2)cc1. The Bertz CT molecular complexity index is 880. The zero-order valence-corrected chi connectivity index (χ0v) is 16.0. The van der Waals surface area contributed by atoms with Gasteiger partial charge in [-0.3, -0.25) is 13.9 Å². The summed E-state index contributed by atoms with van der Waals surface area (Å²) in [5.74, 6) is -1.14. The van der Waals surface area contributed by atoms with Gasteiger partial charge >= 0.3 is 5.97 Å². The van der Waals surface area contributed by atoms with Gasteiger partial charge < -0.3 is 10.1 Å². The fourth-order valence-corrected chi connectivity index (χ4v) is 3.95. The molecule has 1 amide bonds. The molecule has 2 rings (SSSR count). The van der Waals surface area contributed by atoms with Gasteiger partial charge in [-0.05, 0) is 50.2 Å². The average Bonchev–Trinajstić information content (AvgIpc) is 2.63. The summed E-state index contributed by atoms with van der Waals surface area (Å²) in [5, 5.41) is 2.54. The minimum atomic E-state index is -3.73. The molecule has 0 radical (unpaired) electrons. The molecule has 0 atom stereocenters. The normalized spacial score (nSPS) is 10.9. The number of carbonyl (C=O) groups excluding carboxylic acids is 2. The van der Waals surface area contributed by atoms with Crippen LogP contribution in [0.1, 0.15) is 20.3 Å². The second kappa shape index (κ2) is 9.18. The lowest BCUT2D eigenvalue weighted by molar-refractivity contribution is -0.145. The molecule has 0 bridgehead atoms. The Kier molecular flexibility index (Phi) is 6.95. The van der Waals surface area contributed by atoms with Gasteiger partial charge in [-0.2, -0.15) is 0 Å². The largest absolute Gasteiger partial charge is 0.466 e. The maximum absolute atomic E-state index is 12.9. The van der Waals surface area contributed by atoms with Gasteiger partial charge in [0, 0.05) is 12.2 Å². The Labute approximate surface area is 159 Å². The number of nitrogens with one attached hydrogen (secondary N) is 1. The van der Waals surface area contributed by atoms with Crippen molar-refractivity contribution in [2.45, 2.75) is 25.2 Å². The highest BCUT2D eigenvalue weighted by Crippen LogP contribution is 2.24. The third kappa shape index (κ3) is 5.30. The summed E-state index contributed by atoms with van der Waals surface area (Å²) in [6, 6.07) is 14.6. The number of benzene rings is 2. The van der Waals surface area contributed by atoms with Crippen LogP contribution in [0.4, 0.5) is 11.4 Å². The molecule has 8 heteroatoms. The highest BCUT2D eigenvalue weighted by Gasteiger charge is 2.23. The summed E-state index contributed by atoms with van der Waals surface area (Å²) >= 11 is 0. The molecule has 2 aromatic rings. The van der Waals surface area contributed by atoms with Crippen molar-refractivity contribution in [3.8, 4) is 0 Å². The first kappa shape index (κ1) is 20.4. The van der Waals surface area contributed by atoms with E-state index in [-0.39, 0.29) is 18.0 Å². The molecule has 0 saturated carbocycles. The number of para-hydroxylation sites is 1. The van der Waals surface area contributed by atoms with E-state index in [1.54, 1.807) is 38.1 Å². The van der Waals surface area contributed by atoms with Crippen molar-refractivity contribution < 1.29 is 22.7 Å². The predicted octanol–water partition coefficient (Wildman–Crippen LogP) is 2.79. The molecule has 144 valence electrons. The maximum Gasteiger partial charge on any atom is 0.315 e. The molecule has 0 heterocycles. The molecule has 0 aliphatic heterocycles. The Morgan fingerprint density at radius 1 is 1.00 bits per heavy atom. The van der Waals surface area contributed by atoms with Gasteiger partial charge in [-0.15, -0.1) is 0 Å². The van der Waals surface area contributed by atoms with E-state index in [0.717, 1.165) is 0 Å². The van der Waals surface area contributed by atoms with Crippen molar-refractivity contribution >= 4 is 33.3 Å². The smallest absolute Gasteiger partial charge is 0.315 e. The predicted molar refractivity (Wildman–Crippen MR) is 103 cm³/mol. The van der Waals surface area contributed by atoms with Crippen molar-refractivity contribution in [1.82, 2.24) is 0 Å². The summed E-state index contributed by atoms with van der Waals surface area (Å²) in [5.41, 5.74) is 0.970. The van der Waals surface area contributed by atoms with Crippen molar-refractivity contribution in [2.24, 2.45) is 0 Å². The third-order valence-corrected chi connectivity index (χ3v) is 5.58. The van der Waals surface area contributed by atoms with Crippen LogP contribution in [0.2, 0.25) is 0 Å². The molecule has 2 aromatic carbocycles. The van der Waals surface area contributed by atoms with Crippen molar-refractivity contribution in [3.05, 3.63) is 54.6 Å². The van der Waals surface area contributed by atoms with Gasteiger partial charge in [0.15, 0.2) is 0 Å². The fourth-order valence-electron chi connectivity index (χ4n) is 2.47. The monoisotopic (exact) mass is 390 g/mol. The van der Waals surface area contributed by atoms with E-state index < -0.39 is 28.3 Å². The van der Waals surface area contributed by atoms with E-state index in [1.807, 2.05) is 6.07 Å². The fraction of sp³-hybridized carbons (Fsp3) is 0.263.